The summed E-state index contributed by atoms with van der Waals surface area (Å²) in [6.07, 6.45) is 3.36. The Morgan fingerprint density at radius 2 is 1.95 bits per heavy atom. The summed E-state index contributed by atoms with van der Waals surface area (Å²) in [6, 6.07) is 4.64. The predicted octanol–water partition coefficient (Wildman–Crippen LogP) is 3.96. The number of rotatable bonds is 4. The number of aliphatic hydroxyl groups excluding tert-OH is 1. The average Bonchev–Trinajstić information content (AvgIpc) is 2.49. The molecule has 118 valence electrons. The molecule has 2 nitrogen and oxygen atoms in total. The molecule has 1 unspecified atom stereocenters. The molecule has 0 aromatic heterocycles. The van der Waals surface area contributed by atoms with E-state index in [1.54, 1.807) is 6.07 Å². The molecular weight excluding hydrogens is 265 g/mol. The van der Waals surface area contributed by atoms with Crippen LogP contribution in [0, 0.1) is 30.0 Å². The van der Waals surface area contributed by atoms with Gasteiger partial charge in [-0.25, -0.2) is 4.39 Å². The molecule has 0 radical (unpaired) electrons. The Kier molecular flexibility index (Phi) is 5.05. The van der Waals surface area contributed by atoms with E-state index in [4.69, 9.17) is 5.73 Å². The normalized spacial score (nSPS) is 27.9. The van der Waals surface area contributed by atoms with E-state index < -0.39 is 6.10 Å². The molecule has 0 heterocycles. The Balaban J connectivity index is 2.23. The first-order chi connectivity index (χ1) is 9.89. The van der Waals surface area contributed by atoms with Gasteiger partial charge >= 0.3 is 0 Å². The van der Waals surface area contributed by atoms with Crippen molar-refractivity contribution in [2.45, 2.75) is 52.6 Å². The van der Waals surface area contributed by atoms with Gasteiger partial charge in [0.1, 0.15) is 5.82 Å². The van der Waals surface area contributed by atoms with Crippen LogP contribution in [-0.4, -0.2) is 11.7 Å². The number of halogens is 1. The molecule has 1 fully saturated rings. The SMILES string of the molecule is Cc1ccc(F)cc1C(O)C1(CN)CCC(C(C)C)CC1. The fourth-order valence-corrected chi connectivity index (χ4v) is 3.71. The molecule has 1 aromatic carbocycles. The van der Waals surface area contributed by atoms with E-state index in [0.29, 0.717) is 23.9 Å². The maximum atomic E-state index is 13.5. The quantitative estimate of drug-likeness (QED) is 0.882. The third-order valence-corrected chi connectivity index (χ3v) is 5.49. The Bertz CT molecular complexity index is 478. The van der Waals surface area contributed by atoms with Gasteiger partial charge in [-0.05, 0) is 67.7 Å². The van der Waals surface area contributed by atoms with Gasteiger partial charge in [-0.3, -0.25) is 0 Å². The van der Waals surface area contributed by atoms with Crippen LogP contribution in [0.4, 0.5) is 4.39 Å². The highest BCUT2D eigenvalue weighted by Gasteiger charge is 2.41. The topological polar surface area (TPSA) is 46.2 Å². The van der Waals surface area contributed by atoms with Gasteiger partial charge < -0.3 is 10.8 Å². The highest BCUT2D eigenvalue weighted by Crippen LogP contribution is 2.48. The van der Waals surface area contributed by atoms with Crippen LogP contribution in [0.5, 0.6) is 0 Å². The second-order valence-corrected chi connectivity index (χ2v) is 7.05. The highest BCUT2D eigenvalue weighted by atomic mass is 19.1. The zero-order valence-electron chi connectivity index (χ0n) is 13.4. The Morgan fingerprint density at radius 3 is 2.48 bits per heavy atom. The van der Waals surface area contributed by atoms with Crippen LogP contribution in [-0.2, 0) is 0 Å². The summed E-state index contributed by atoms with van der Waals surface area (Å²) in [5.74, 6) is 1.09. The standard InChI is InChI=1S/C18H28FNO/c1-12(2)14-6-8-18(11-20,9-7-14)17(21)16-10-15(19)5-4-13(16)3/h4-5,10,12,14,17,21H,6-9,11,20H2,1-3H3. The van der Waals surface area contributed by atoms with Gasteiger partial charge in [-0.1, -0.05) is 19.9 Å². The lowest BCUT2D eigenvalue weighted by molar-refractivity contribution is -0.0153. The number of benzene rings is 1. The van der Waals surface area contributed by atoms with Crippen molar-refractivity contribution in [3.63, 3.8) is 0 Å². The minimum atomic E-state index is -0.675. The molecule has 21 heavy (non-hydrogen) atoms. The van der Waals surface area contributed by atoms with E-state index in [1.807, 2.05) is 6.92 Å². The number of hydrogen-bond donors (Lipinski definition) is 2. The van der Waals surface area contributed by atoms with Crippen molar-refractivity contribution >= 4 is 0 Å². The van der Waals surface area contributed by atoms with Crippen LogP contribution >= 0.6 is 0 Å². The van der Waals surface area contributed by atoms with Gasteiger partial charge in [0, 0.05) is 12.0 Å². The van der Waals surface area contributed by atoms with Crippen LogP contribution in [0.1, 0.15) is 56.8 Å². The lowest BCUT2D eigenvalue weighted by Gasteiger charge is -2.44. The minimum absolute atomic E-state index is 0.294. The van der Waals surface area contributed by atoms with Gasteiger partial charge in [-0.15, -0.1) is 0 Å². The summed E-state index contributed by atoms with van der Waals surface area (Å²) in [4.78, 5) is 0. The zero-order valence-corrected chi connectivity index (χ0v) is 13.4. The van der Waals surface area contributed by atoms with Gasteiger partial charge in [0.05, 0.1) is 6.10 Å². The molecule has 1 aromatic rings. The minimum Gasteiger partial charge on any atom is -0.388 e. The van der Waals surface area contributed by atoms with Crippen molar-refractivity contribution in [1.29, 1.82) is 0 Å². The summed E-state index contributed by atoms with van der Waals surface area (Å²) in [5, 5.41) is 10.9. The predicted molar refractivity (Wildman–Crippen MR) is 84.4 cm³/mol. The van der Waals surface area contributed by atoms with Crippen LogP contribution in [0.3, 0.4) is 0 Å². The molecule has 3 heteroatoms. The number of nitrogens with two attached hydrogens (primary N) is 1. The van der Waals surface area contributed by atoms with E-state index >= 15 is 0 Å². The molecule has 1 atom stereocenters. The molecule has 2 rings (SSSR count). The summed E-state index contributed by atoms with van der Waals surface area (Å²) in [7, 11) is 0. The number of hydrogen-bond acceptors (Lipinski definition) is 2. The monoisotopic (exact) mass is 293 g/mol. The van der Waals surface area contributed by atoms with E-state index in [2.05, 4.69) is 13.8 Å². The lowest BCUT2D eigenvalue weighted by atomic mass is 9.64. The summed E-state index contributed by atoms with van der Waals surface area (Å²) in [5.41, 5.74) is 7.36. The molecular formula is C18H28FNO. The first kappa shape index (κ1) is 16.4. The van der Waals surface area contributed by atoms with Crippen LogP contribution in [0.2, 0.25) is 0 Å². The van der Waals surface area contributed by atoms with Crippen molar-refractivity contribution < 1.29 is 9.50 Å². The van der Waals surface area contributed by atoms with Crippen LogP contribution < -0.4 is 5.73 Å². The second kappa shape index (κ2) is 6.45. The zero-order chi connectivity index (χ0) is 15.6. The van der Waals surface area contributed by atoms with Crippen molar-refractivity contribution in [1.82, 2.24) is 0 Å². The van der Waals surface area contributed by atoms with Gasteiger partial charge in [-0.2, -0.15) is 0 Å². The van der Waals surface area contributed by atoms with Gasteiger partial charge in [0.15, 0.2) is 0 Å². The largest absolute Gasteiger partial charge is 0.388 e. The highest BCUT2D eigenvalue weighted by molar-refractivity contribution is 5.30. The van der Waals surface area contributed by atoms with E-state index in [0.717, 1.165) is 31.2 Å². The Labute approximate surface area is 127 Å². The Hall–Kier alpha value is -0.930. The first-order valence-electron chi connectivity index (χ1n) is 8.04. The van der Waals surface area contributed by atoms with Crippen molar-refractivity contribution in [3.8, 4) is 0 Å². The average molecular weight is 293 g/mol. The fourth-order valence-electron chi connectivity index (χ4n) is 3.71. The molecule has 1 aliphatic rings. The van der Waals surface area contributed by atoms with E-state index in [1.165, 1.54) is 12.1 Å². The van der Waals surface area contributed by atoms with Crippen molar-refractivity contribution in [2.75, 3.05) is 6.54 Å². The third kappa shape index (κ3) is 3.29. The molecule has 0 bridgehead atoms. The molecule has 1 aliphatic carbocycles. The molecule has 3 N–H and O–H groups in total. The smallest absolute Gasteiger partial charge is 0.123 e. The van der Waals surface area contributed by atoms with Gasteiger partial charge in [0.25, 0.3) is 0 Å². The third-order valence-electron chi connectivity index (χ3n) is 5.49. The van der Waals surface area contributed by atoms with Crippen LogP contribution in [0.15, 0.2) is 18.2 Å². The number of aliphatic hydroxyl groups is 1. The summed E-state index contributed by atoms with van der Waals surface area (Å²) in [6.45, 7) is 6.89. The molecule has 0 spiro atoms. The lowest BCUT2D eigenvalue weighted by Crippen LogP contribution is -2.41. The van der Waals surface area contributed by atoms with Gasteiger partial charge in [0.2, 0.25) is 0 Å². The molecule has 1 saturated carbocycles. The van der Waals surface area contributed by atoms with E-state index in [9.17, 15) is 9.50 Å². The maximum absolute atomic E-state index is 13.5. The van der Waals surface area contributed by atoms with Crippen LogP contribution in [0.25, 0.3) is 0 Å². The summed E-state index contributed by atoms with van der Waals surface area (Å²) < 4.78 is 13.5. The molecule has 0 aliphatic heterocycles. The number of aryl methyl sites for hydroxylation is 1. The van der Waals surface area contributed by atoms with E-state index in [-0.39, 0.29) is 11.2 Å². The van der Waals surface area contributed by atoms with Crippen molar-refractivity contribution in [2.24, 2.45) is 23.0 Å². The maximum Gasteiger partial charge on any atom is 0.123 e. The Morgan fingerprint density at radius 1 is 1.33 bits per heavy atom. The fraction of sp³-hybridized carbons (Fsp3) is 0.667. The molecule has 0 saturated heterocycles. The first-order valence-corrected chi connectivity index (χ1v) is 8.04. The second-order valence-electron chi connectivity index (χ2n) is 7.05. The molecule has 0 amide bonds. The summed E-state index contributed by atoms with van der Waals surface area (Å²) >= 11 is 0. The van der Waals surface area contributed by atoms with Crippen molar-refractivity contribution in [3.05, 3.63) is 35.1 Å².